The molecule has 0 bridgehead atoms. The molecule has 1 aliphatic heterocycles. The lowest BCUT2D eigenvalue weighted by atomic mass is 9.89. The Kier molecular flexibility index (Phi) is 5.00. The zero-order valence-corrected chi connectivity index (χ0v) is 15.7. The predicted octanol–water partition coefficient (Wildman–Crippen LogP) is 4.44. The van der Waals surface area contributed by atoms with Crippen molar-refractivity contribution in [1.29, 1.82) is 0 Å². The lowest BCUT2D eigenvalue weighted by Gasteiger charge is -2.21. The van der Waals surface area contributed by atoms with Crippen LogP contribution in [0.5, 0.6) is 0 Å². The molecule has 1 aromatic heterocycles. The van der Waals surface area contributed by atoms with Gasteiger partial charge in [0.05, 0.1) is 10.2 Å². The highest BCUT2D eigenvalue weighted by molar-refractivity contribution is 7.22. The highest BCUT2D eigenvalue weighted by atomic mass is 32.1. The fourth-order valence-electron chi connectivity index (χ4n) is 3.58. The number of allylic oxidation sites excluding steroid dienone is 4. The zero-order valence-electron chi connectivity index (χ0n) is 14.9. The van der Waals surface area contributed by atoms with E-state index in [0.717, 1.165) is 40.9 Å². The van der Waals surface area contributed by atoms with Gasteiger partial charge in [0.2, 0.25) is 0 Å². The predicted molar refractivity (Wildman–Crippen MR) is 108 cm³/mol. The Hall–Kier alpha value is -2.24. The number of benzene rings is 1. The average molecular weight is 366 g/mol. The average Bonchev–Trinajstić information content (AvgIpc) is 3.04. The van der Waals surface area contributed by atoms with E-state index in [0.29, 0.717) is 11.0 Å². The number of rotatable bonds is 3. The Morgan fingerprint density at radius 2 is 2.08 bits per heavy atom. The van der Waals surface area contributed by atoms with Crippen molar-refractivity contribution in [2.45, 2.75) is 26.2 Å². The molecule has 0 unspecified atom stereocenters. The number of hydrogen-bond donors (Lipinski definition) is 2. The summed E-state index contributed by atoms with van der Waals surface area (Å²) in [5.74, 6) is 0.584. The third kappa shape index (κ3) is 3.79. The van der Waals surface area contributed by atoms with Crippen LogP contribution >= 0.6 is 11.3 Å². The summed E-state index contributed by atoms with van der Waals surface area (Å²) < 4.78 is 1.08. The van der Waals surface area contributed by atoms with Gasteiger partial charge in [0, 0.05) is 5.57 Å². The van der Waals surface area contributed by atoms with E-state index >= 15 is 0 Å². The van der Waals surface area contributed by atoms with E-state index < -0.39 is 0 Å². The number of hydrogen-bond acceptors (Lipinski definition) is 4. The number of fused-ring (bicyclic) bond motifs is 1. The molecule has 5 heteroatoms. The van der Waals surface area contributed by atoms with E-state index in [1.54, 1.807) is 0 Å². The van der Waals surface area contributed by atoms with Crippen LogP contribution < -0.4 is 10.6 Å². The van der Waals surface area contributed by atoms with Gasteiger partial charge < -0.3 is 5.32 Å². The SMILES string of the molecule is CC1=C(C(=O)Nc2nc3ccccc3s2)C=CC(=CC2CCNCC2)C1. The lowest BCUT2D eigenvalue weighted by Crippen LogP contribution is -2.27. The smallest absolute Gasteiger partial charge is 0.257 e. The molecule has 0 atom stereocenters. The number of thiazole rings is 1. The summed E-state index contributed by atoms with van der Waals surface area (Å²) >= 11 is 1.51. The third-order valence-electron chi connectivity index (χ3n) is 4.99. The van der Waals surface area contributed by atoms with Crippen LogP contribution in [0.4, 0.5) is 5.13 Å². The Balaban J connectivity index is 1.45. The maximum Gasteiger partial charge on any atom is 0.257 e. The Bertz CT molecular complexity index is 883. The molecule has 4 rings (SSSR count). The van der Waals surface area contributed by atoms with Gasteiger partial charge in [-0.15, -0.1) is 0 Å². The molecule has 2 N–H and O–H groups in total. The molecule has 1 amide bonds. The van der Waals surface area contributed by atoms with E-state index in [4.69, 9.17) is 0 Å². The highest BCUT2D eigenvalue weighted by Crippen LogP contribution is 2.29. The molecule has 134 valence electrons. The van der Waals surface area contributed by atoms with Crippen molar-refractivity contribution in [1.82, 2.24) is 10.3 Å². The van der Waals surface area contributed by atoms with E-state index in [-0.39, 0.29) is 5.91 Å². The largest absolute Gasteiger partial charge is 0.317 e. The van der Waals surface area contributed by atoms with Gasteiger partial charge in [0.1, 0.15) is 0 Å². The molecule has 1 fully saturated rings. The monoisotopic (exact) mass is 365 g/mol. The molecule has 0 saturated carbocycles. The van der Waals surface area contributed by atoms with Gasteiger partial charge in [-0.3, -0.25) is 10.1 Å². The number of amides is 1. The number of carbonyl (C=O) groups is 1. The summed E-state index contributed by atoms with van der Waals surface area (Å²) in [4.78, 5) is 17.2. The summed E-state index contributed by atoms with van der Waals surface area (Å²) in [6.45, 7) is 4.25. The van der Waals surface area contributed by atoms with E-state index in [1.165, 1.54) is 29.8 Å². The topological polar surface area (TPSA) is 54.0 Å². The Morgan fingerprint density at radius 3 is 2.85 bits per heavy atom. The number of anilines is 1. The van der Waals surface area contributed by atoms with Gasteiger partial charge >= 0.3 is 0 Å². The van der Waals surface area contributed by atoms with E-state index in [9.17, 15) is 4.79 Å². The molecule has 2 aliphatic rings. The van der Waals surface area contributed by atoms with Crippen LogP contribution in [-0.2, 0) is 4.79 Å². The van der Waals surface area contributed by atoms with Crippen molar-refractivity contribution in [2.24, 2.45) is 5.92 Å². The molecule has 26 heavy (non-hydrogen) atoms. The van der Waals surface area contributed by atoms with Gasteiger partial charge in [-0.25, -0.2) is 4.98 Å². The first-order valence-corrected chi connectivity index (χ1v) is 9.97. The molecule has 2 aromatic rings. The minimum Gasteiger partial charge on any atom is -0.317 e. The molecule has 1 saturated heterocycles. The van der Waals surface area contributed by atoms with Gasteiger partial charge in [-0.1, -0.05) is 41.2 Å². The van der Waals surface area contributed by atoms with Crippen molar-refractivity contribution >= 4 is 32.6 Å². The van der Waals surface area contributed by atoms with Crippen LogP contribution in [0, 0.1) is 5.92 Å². The van der Waals surface area contributed by atoms with Crippen LogP contribution in [0.2, 0.25) is 0 Å². The standard InChI is InChI=1S/C21H23N3OS/c1-14-12-16(13-15-8-10-22-11-9-15)6-7-17(14)20(25)24-21-23-18-4-2-3-5-19(18)26-21/h2-7,13,15,22H,8-12H2,1H3,(H,23,24,25). The first-order valence-electron chi connectivity index (χ1n) is 9.15. The summed E-state index contributed by atoms with van der Waals surface area (Å²) in [5.41, 5.74) is 4.12. The normalized spacial score (nSPS) is 20.1. The Labute approximate surface area is 157 Å². The molecule has 0 radical (unpaired) electrons. The molecule has 1 aliphatic carbocycles. The number of nitrogens with one attached hydrogen (secondary N) is 2. The summed E-state index contributed by atoms with van der Waals surface area (Å²) in [6, 6.07) is 7.93. The van der Waals surface area contributed by atoms with Gasteiger partial charge in [0.25, 0.3) is 5.91 Å². The van der Waals surface area contributed by atoms with Crippen molar-refractivity contribution < 1.29 is 4.79 Å². The number of para-hydroxylation sites is 1. The maximum atomic E-state index is 12.7. The van der Waals surface area contributed by atoms with Crippen molar-refractivity contribution in [3.05, 3.63) is 59.2 Å². The van der Waals surface area contributed by atoms with Crippen LogP contribution in [0.15, 0.2) is 59.2 Å². The van der Waals surface area contributed by atoms with Crippen molar-refractivity contribution in [3.63, 3.8) is 0 Å². The van der Waals surface area contributed by atoms with Crippen molar-refractivity contribution in [3.8, 4) is 0 Å². The Morgan fingerprint density at radius 1 is 1.27 bits per heavy atom. The molecular formula is C21H23N3OS. The summed E-state index contributed by atoms with van der Waals surface area (Å²) in [5, 5.41) is 7.01. The van der Waals surface area contributed by atoms with E-state index in [1.807, 2.05) is 37.3 Å². The number of nitrogens with zero attached hydrogens (tertiary/aromatic N) is 1. The molecule has 0 spiro atoms. The highest BCUT2D eigenvalue weighted by Gasteiger charge is 2.18. The van der Waals surface area contributed by atoms with E-state index in [2.05, 4.69) is 27.8 Å². The molecular weight excluding hydrogens is 342 g/mol. The number of piperidine rings is 1. The minimum atomic E-state index is -0.0706. The minimum absolute atomic E-state index is 0.0706. The zero-order chi connectivity index (χ0) is 17.9. The first-order chi connectivity index (χ1) is 12.7. The van der Waals surface area contributed by atoms with Crippen LogP contribution in [0.1, 0.15) is 26.2 Å². The number of aromatic nitrogens is 1. The second kappa shape index (κ2) is 7.56. The first kappa shape index (κ1) is 17.2. The van der Waals surface area contributed by atoms with Crippen LogP contribution in [0.3, 0.4) is 0 Å². The second-order valence-electron chi connectivity index (χ2n) is 6.97. The van der Waals surface area contributed by atoms with Gasteiger partial charge in [-0.05, 0) is 69.0 Å². The lowest BCUT2D eigenvalue weighted by molar-refractivity contribution is -0.112. The molecule has 2 heterocycles. The van der Waals surface area contributed by atoms with Crippen molar-refractivity contribution in [2.75, 3.05) is 18.4 Å². The summed E-state index contributed by atoms with van der Waals surface area (Å²) in [7, 11) is 0. The quantitative estimate of drug-likeness (QED) is 0.846. The van der Waals surface area contributed by atoms with Gasteiger partial charge in [0.15, 0.2) is 5.13 Å². The van der Waals surface area contributed by atoms with Crippen LogP contribution in [-0.4, -0.2) is 24.0 Å². The van der Waals surface area contributed by atoms with Gasteiger partial charge in [-0.2, -0.15) is 0 Å². The molecule has 1 aromatic carbocycles. The third-order valence-corrected chi connectivity index (χ3v) is 5.94. The number of carbonyl (C=O) groups excluding carboxylic acids is 1. The fourth-order valence-corrected chi connectivity index (χ4v) is 4.44. The fraction of sp³-hybridized carbons (Fsp3) is 0.333. The van der Waals surface area contributed by atoms with Crippen LogP contribution in [0.25, 0.3) is 10.2 Å². The second-order valence-corrected chi connectivity index (χ2v) is 8.00. The molecule has 4 nitrogen and oxygen atoms in total. The summed E-state index contributed by atoms with van der Waals surface area (Å²) in [6.07, 6.45) is 9.69. The maximum absolute atomic E-state index is 12.7.